The Bertz CT molecular complexity index is 528. The molecule has 0 aliphatic rings. The van der Waals surface area contributed by atoms with Crippen LogP contribution in [0.2, 0.25) is 5.02 Å². The van der Waals surface area contributed by atoms with Crippen molar-refractivity contribution in [2.24, 2.45) is 0 Å². The number of benzene rings is 1. The maximum atomic E-state index is 11.4. The Balaban J connectivity index is 2.84. The smallest absolute Gasteiger partial charge is 0.160 e. The zero-order valence-electron chi connectivity index (χ0n) is 8.73. The molecule has 2 nitrogen and oxygen atoms in total. The molecular weight excluding hydrogens is 210 g/mol. The number of fused-ring (bicyclic) bond motifs is 1. The summed E-state index contributed by atoms with van der Waals surface area (Å²) >= 11 is 6.22. The van der Waals surface area contributed by atoms with Gasteiger partial charge in [0.05, 0.1) is 5.02 Å². The Kier molecular flexibility index (Phi) is 2.53. The van der Waals surface area contributed by atoms with Gasteiger partial charge in [-0.3, -0.25) is 4.79 Å². The van der Waals surface area contributed by atoms with Gasteiger partial charge in [0, 0.05) is 22.2 Å². The van der Waals surface area contributed by atoms with E-state index in [9.17, 15) is 4.79 Å². The largest absolute Gasteiger partial charge is 0.357 e. The summed E-state index contributed by atoms with van der Waals surface area (Å²) in [4.78, 5) is 14.7. The fourth-order valence-electron chi connectivity index (χ4n) is 1.80. The lowest BCUT2D eigenvalue weighted by Gasteiger charge is -1.98. The molecule has 15 heavy (non-hydrogen) atoms. The van der Waals surface area contributed by atoms with E-state index in [2.05, 4.69) is 4.98 Å². The fourth-order valence-corrected chi connectivity index (χ4v) is 2.18. The van der Waals surface area contributed by atoms with E-state index < -0.39 is 0 Å². The molecule has 0 unspecified atom stereocenters. The van der Waals surface area contributed by atoms with Crippen molar-refractivity contribution in [3.05, 3.63) is 34.5 Å². The molecule has 0 bridgehead atoms. The molecule has 1 aromatic heterocycles. The van der Waals surface area contributed by atoms with Crippen LogP contribution < -0.4 is 0 Å². The molecule has 1 heterocycles. The van der Waals surface area contributed by atoms with Gasteiger partial charge in [0.25, 0.3) is 0 Å². The van der Waals surface area contributed by atoms with Crippen LogP contribution >= 0.6 is 11.6 Å². The van der Waals surface area contributed by atoms with Crippen LogP contribution in [-0.2, 0) is 6.42 Å². The highest BCUT2D eigenvalue weighted by atomic mass is 35.5. The summed E-state index contributed by atoms with van der Waals surface area (Å²) in [5, 5.41) is 1.53. The maximum Gasteiger partial charge on any atom is 0.160 e. The molecule has 0 radical (unpaired) electrons. The highest BCUT2D eigenvalue weighted by Gasteiger charge is 2.13. The van der Waals surface area contributed by atoms with Gasteiger partial charge >= 0.3 is 0 Å². The van der Waals surface area contributed by atoms with E-state index in [1.54, 1.807) is 6.92 Å². The van der Waals surface area contributed by atoms with E-state index in [4.69, 9.17) is 11.6 Å². The van der Waals surface area contributed by atoms with Crippen molar-refractivity contribution >= 4 is 28.3 Å². The fraction of sp³-hybridized carbons (Fsp3) is 0.250. The Morgan fingerprint density at radius 2 is 2.20 bits per heavy atom. The zero-order chi connectivity index (χ0) is 11.0. The van der Waals surface area contributed by atoms with Gasteiger partial charge < -0.3 is 4.98 Å². The van der Waals surface area contributed by atoms with E-state index in [1.165, 1.54) is 0 Å². The van der Waals surface area contributed by atoms with Gasteiger partial charge in [-0.25, -0.2) is 0 Å². The number of rotatable bonds is 2. The number of nitrogens with one attached hydrogen (secondary N) is 1. The second-order valence-electron chi connectivity index (χ2n) is 3.56. The Hall–Kier alpha value is -1.28. The molecule has 1 aromatic carbocycles. The number of hydrogen-bond donors (Lipinski definition) is 1. The monoisotopic (exact) mass is 221 g/mol. The summed E-state index contributed by atoms with van der Waals surface area (Å²) in [6, 6.07) is 5.61. The summed E-state index contributed by atoms with van der Waals surface area (Å²) in [5.74, 6) is 0.0455. The van der Waals surface area contributed by atoms with Crippen LogP contribution in [0.5, 0.6) is 0 Å². The first-order chi connectivity index (χ1) is 7.15. The van der Waals surface area contributed by atoms with Crippen molar-refractivity contribution < 1.29 is 4.79 Å². The number of halogens is 1. The van der Waals surface area contributed by atoms with Crippen molar-refractivity contribution in [1.29, 1.82) is 0 Å². The standard InChI is InChI=1S/C12H12ClNO/c1-3-9-12(13)11-8(7(2)15)5-4-6-10(11)14-9/h4-6,14H,3H2,1-2H3. The molecule has 2 rings (SSSR count). The second-order valence-corrected chi connectivity index (χ2v) is 3.93. The summed E-state index contributed by atoms with van der Waals surface area (Å²) < 4.78 is 0. The van der Waals surface area contributed by atoms with E-state index in [-0.39, 0.29) is 5.78 Å². The lowest BCUT2D eigenvalue weighted by atomic mass is 10.1. The van der Waals surface area contributed by atoms with Gasteiger partial charge in [-0.05, 0) is 19.4 Å². The molecule has 0 fully saturated rings. The lowest BCUT2D eigenvalue weighted by molar-refractivity contribution is 0.101. The first kappa shape index (κ1) is 10.2. The first-order valence-electron chi connectivity index (χ1n) is 4.95. The van der Waals surface area contributed by atoms with Crippen molar-refractivity contribution in [2.75, 3.05) is 0 Å². The van der Waals surface area contributed by atoms with Crippen molar-refractivity contribution in [1.82, 2.24) is 4.98 Å². The lowest BCUT2D eigenvalue weighted by Crippen LogP contribution is -1.91. The van der Waals surface area contributed by atoms with E-state index in [1.807, 2.05) is 25.1 Å². The van der Waals surface area contributed by atoms with Crippen LogP contribution in [0.3, 0.4) is 0 Å². The van der Waals surface area contributed by atoms with Crippen LogP contribution in [0.1, 0.15) is 29.9 Å². The quantitative estimate of drug-likeness (QED) is 0.773. The summed E-state index contributed by atoms with van der Waals surface area (Å²) in [6.07, 6.45) is 0.838. The van der Waals surface area contributed by atoms with Crippen molar-refractivity contribution in [2.45, 2.75) is 20.3 Å². The number of ketones is 1. The predicted octanol–water partition coefficient (Wildman–Crippen LogP) is 3.59. The van der Waals surface area contributed by atoms with E-state index in [0.717, 1.165) is 23.0 Å². The number of Topliss-reactive ketones (excluding diaryl/α,β-unsaturated/α-hetero) is 1. The molecular formula is C12H12ClNO. The number of aryl methyl sites for hydroxylation is 1. The van der Waals surface area contributed by atoms with Gasteiger partial charge in [0.2, 0.25) is 0 Å². The van der Waals surface area contributed by atoms with E-state index in [0.29, 0.717) is 10.6 Å². The topological polar surface area (TPSA) is 32.9 Å². The number of H-pyrrole nitrogens is 1. The molecule has 0 atom stereocenters. The zero-order valence-corrected chi connectivity index (χ0v) is 9.48. The minimum Gasteiger partial charge on any atom is -0.357 e. The van der Waals surface area contributed by atoms with Gasteiger partial charge in [0.15, 0.2) is 5.78 Å². The molecule has 0 spiro atoms. The Labute approximate surface area is 93.2 Å². The molecule has 78 valence electrons. The maximum absolute atomic E-state index is 11.4. The summed E-state index contributed by atoms with van der Waals surface area (Å²) in [6.45, 7) is 3.59. The third kappa shape index (κ3) is 1.55. The van der Waals surface area contributed by atoms with Crippen molar-refractivity contribution in [3.63, 3.8) is 0 Å². The molecule has 0 saturated carbocycles. The Morgan fingerprint density at radius 3 is 2.80 bits per heavy atom. The molecule has 3 heteroatoms. The number of hydrogen-bond acceptors (Lipinski definition) is 1. The van der Waals surface area contributed by atoms with Gasteiger partial charge in [-0.15, -0.1) is 0 Å². The Morgan fingerprint density at radius 1 is 1.47 bits per heavy atom. The SMILES string of the molecule is CCc1[nH]c2cccc(C(C)=O)c2c1Cl. The molecule has 0 amide bonds. The van der Waals surface area contributed by atoms with Crippen LogP contribution in [0.25, 0.3) is 10.9 Å². The van der Waals surface area contributed by atoms with Gasteiger partial charge in [-0.1, -0.05) is 30.7 Å². The van der Waals surface area contributed by atoms with Crippen LogP contribution in [0.4, 0.5) is 0 Å². The average Bonchev–Trinajstić information content (AvgIpc) is 2.55. The van der Waals surface area contributed by atoms with Crippen molar-refractivity contribution in [3.8, 4) is 0 Å². The highest BCUT2D eigenvalue weighted by Crippen LogP contribution is 2.30. The van der Waals surface area contributed by atoms with Gasteiger partial charge in [0.1, 0.15) is 0 Å². The molecule has 0 saturated heterocycles. The normalized spacial score (nSPS) is 10.9. The average molecular weight is 222 g/mol. The molecule has 2 aromatic rings. The minimum atomic E-state index is 0.0455. The highest BCUT2D eigenvalue weighted by molar-refractivity contribution is 6.37. The second kappa shape index (κ2) is 3.70. The number of carbonyl (C=O) groups excluding carboxylic acids is 1. The predicted molar refractivity (Wildman–Crippen MR) is 62.7 cm³/mol. The van der Waals surface area contributed by atoms with Crippen LogP contribution in [0.15, 0.2) is 18.2 Å². The third-order valence-electron chi connectivity index (χ3n) is 2.57. The van der Waals surface area contributed by atoms with Gasteiger partial charge in [-0.2, -0.15) is 0 Å². The molecule has 0 aliphatic heterocycles. The number of carbonyl (C=O) groups is 1. The third-order valence-corrected chi connectivity index (χ3v) is 2.98. The first-order valence-corrected chi connectivity index (χ1v) is 5.33. The number of aromatic amines is 1. The van der Waals surface area contributed by atoms with Crippen LogP contribution in [-0.4, -0.2) is 10.8 Å². The summed E-state index contributed by atoms with van der Waals surface area (Å²) in [7, 11) is 0. The van der Waals surface area contributed by atoms with Crippen LogP contribution in [0, 0.1) is 0 Å². The number of aromatic nitrogens is 1. The molecule has 1 N–H and O–H groups in total. The summed E-state index contributed by atoms with van der Waals surface area (Å²) in [5.41, 5.74) is 2.61. The van der Waals surface area contributed by atoms with E-state index >= 15 is 0 Å². The molecule has 0 aliphatic carbocycles. The minimum absolute atomic E-state index is 0.0455.